The van der Waals surface area contributed by atoms with Crippen molar-refractivity contribution in [3.05, 3.63) is 18.2 Å². The normalized spacial score (nSPS) is 18.5. The lowest BCUT2D eigenvalue weighted by molar-refractivity contribution is -0.128. The fraction of sp³-hybridized carbons (Fsp3) is 0.615. The highest BCUT2D eigenvalue weighted by Gasteiger charge is 2.41. The van der Waals surface area contributed by atoms with E-state index in [0.717, 1.165) is 44.3 Å². The van der Waals surface area contributed by atoms with Crippen LogP contribution in [0.5, 0.6) is 0 Å². The first-order valence-corrected chi connectivity index (χ1v) is 7.12. The summed E-state index contributed by atoms with van der Waals surface area (Å²) in [6.07, 6.45) is 9.22. The number of hydrogen-bond acceptors (Lipinski definition) is 3. The number of carbonyl (C=O) groups is 1. The molecule has 1 aromatic heterocycles. The van der Waals surface area contributed by atoms with Gasteiger partial charge in [-0.1, -0.05) is 37.9 Å². The third-order valence-corrected chi connectivity index (χ3v) is 4.23. The Morgan fingerprint density at radius 3 is 2.63 bits per heavy atom. The number of amides is 1. The van der Waals surface area contributed by atoms with Crippen LogP contribution in [-0.4, -0.2) is 20.9 Å². The van der Waals surface area contributed by atoms with Gasteiger partial charge in [0.2, 0.25) is 5.91 Å². The van der Waals surface area contributed by atoms with E-state index >= 15 is 0 Å². The third kappa shape index (κ3) is 3.12. The summed E-state index contributed by atoms with van der Waals surface area (Å²) in [5.41, 5.74) is 5.20. The van der Waals surface area contributed by atoms with Crippen LogP contribution in [0.1, 0.15) is 44.3 Å². The first kappa shape index (κ1) is 14.0. The number of nitrogens with two attached hydrogens (primary N) is 1. The molecule has 1 amide bonds. The van der Waals surface area contributed by atoms with Crippen molar-refractivity contribution < 1.29 is 4.79 Å². The number of aromatic amines is 1. The van der Waals surface area contributed by atoms with Crippen molar-refractivity contribution in [3.8, 4) is 0 Å². The minimum atomic E-state index is -0.668. The number of imidazole rings is 1. The molecule has 0 atom stereocenters. The van der Waals surface area contributed by atoms with Gasteiger partial charge in [0.05, 0.1) is 16.9 Å². The predicted molar refractivity (Wildman–Crippen MR) is 77.4 cm³/mol. The second kappa shape index (κ2) is 6.14. The average Bonchev–Trinajstić information content (AvgIpc) is 2.78. The summed E-state index contributed by atoms with van der Waals surface area (Å²) in [6, 6.07) is 0. The maximum absolute atomic E-state index is 12.5. The van der Waals surface area contributed by atoms with Crippen LogP contribution in [0.4, 0.5) is 0 Å². The SMILES string of the molecule is NC(=S)C1(C(=O)NCc2ncc[nH]2)CCCCCC1. The van der Waals surface area contributed by atoms with Crippen molar-refractivity contribution in [2.24, 2.45) is 11.1 Å². The van der Waals surface area contributed by atoms with Gasteiger partial charge < -0.3 is 16.0 Å². The van der Waals surface area contributed by atoms with Crippen LogP contribution >= 0.6 is 12.2 Å². The van der Waals surface area contributed by atoms with Crippen LogP contribution in [0.2, 0.25) is 0 Å². The van der Waals surface area contributed by atoms with Gasteiger partial charge in [0.25, 0.3) is 0 Å². The molecule has 0 unspecified atom stereocenters. The Hall–Kier alpha value is -1.43. The number of hydrogen-bond donors (Lipinski definition) is 3. The van der Waals surface area contributed by atoms with Gasteiger partial charge in [-0.15, -0.1) is 0 Å². The molecule has 1 saturated carbocycles. The Morgan fingerprint density at radius 2 is 2.11 bits per heavy atom. The average molecular weight is 280 g/mol. The number of carbonyl (C=O) groups excluding carboxylic acids is 1. The fourth-order valence-corrected chi connectivity index (χ4v) is 2.94. The summed E-state index contributed by atoms with van der Waals surface area (Å²) >= 11 is 5.17. The predicted octanol–water partition coefficient (Wildman–Crippen LogP) is 1.65. The second-order valence-corrected chi connectivity index (χ2v) is 5.52. The largest absolute Gasteiger partial charge is 0.392 e. The Bertz CT molecular complexity index is 436. The summed E-state index contributed by atoms with van der Waals surface area (Å²) in [6.45, 7) is 0.385. The van der Waals surface area contributed by atoms with Gasteiger partial charge in [-0.3, -0.25) is 4.79 Å². The molecule has 19 heavy (non-hydrogen) atoms. The maximum atomic E-state index is 12.5. The van der Waals surface area contributed by atoms with Gasteiger partial charge in [0, 0.05) is 12.4 Å². The number of thiocarbonyl (C=S) groups is 1. The van der Waals surface area contributed by atoms with Crippen LogP contribution in [0.3, 0.4) is 0 Å². The van der Waals surface area contributed by atoms with Gasteiger partial charge >= 0.3 is 0 Å². The third-order valence-electron chi connectivity index (χ3n) is 3.83. The monoisotopic (exact) mass is 280 g/mol. The molecule has 0 aromatic carbocycles. The van der Waals surface area contributed by atoms with Crippen molar-refractivity contribution in [3.63, 3.8) is 0 Å². The van der Waals surface area contributed by atoms with Gasteiger partial charge in [0.1, 0.15) is 5.82 Å². The molecular weight excluding hydrogens is 260 g/mol. The number of H-pyrrole nitrogens is 1. The molecule has 1 aliphatic rings. The molecule has 104 valence electrons. The lowest BCUT2D eigenvalue weighted by atomic mass is 9.79. The summed E-state index contributed by atoms with van der Waals surface area (Å²) < 4.78 is 0. The van der Waals surface area contributed by atoms with Gasteiger partial charge in [-0.2, -0.15) is 0 Å². The summed E-state index contributed by atoms with van der Waals surface area (Å²) in [7, 11) is 0. The van der Waals surface area contributed by atoms with Crippen molar-refractivity contribution in [2.75, 3.05) is 0 Å². The number of aromatic nitrogens is 2. The Labute approximate surface area is 118 Å². The Kier molecular flexibility index (Phi) is 4.52. The molecule has 4 N–H and O–H groups in total. The molecule has 1 fully saturated rings. The molecule has 0 aliphatic heterocycles. The van der Waals surface area contributed by atoms with E-state index in [-0.39, 0.29) is 5.91 Å². The zero-order chi connectivity index (χ0) is 13.7. The van der Waals surface area contributed by atoms with E-state index in [1.807, 2.05) is 0 Å². The van der Waals surface area contributed by atoms with Crippen molar-refractivity contribution in [1.82, 2.24) is 15.3 Å². The fourth-order valence-electron chi connectivity index (χ4n) is 2.65. The van der Waals surface area contributed by atoms with Gasteiger partial charge in [-0.25, -0.2) is 4.98 Å². The van der Waals surface area contributed by atoms with E-state index in [9.17, 15) is 4.79 Å². The van der Waals surface area contributed by atoms with E-state index in [1.54, 1.807) is 12.4 Å². The smallest absolute Gasteiger partial charge is 0.233 e. The molecule has 2 rings (SSSR count). The topological polar surface area (TPSA) is 83.8 Å². The quantitative estimate of drug-likeness (QED) is 0.578. The molecule has 0 radical (unpaired) electrons. The number of rotatable bonds is 4. The molecule has 0 spiro atoms. The van der Waals surface area contributed by atoms with Crippen molar-refractivity contribution in [2.45, 2.75) is 45.1 Å². The number of nitrogens with one attached hydrogen (secondary N) is 2. The van der Waals surface area contributed by atoms with Crippen LogP contribution < -0.4 is 11.1 Å². The van der Waals surface area contributed by atoms with E-state index in [4.69, 9.17) is 18.0 Å². The second-order valence-electron chi connectivity index (χ2n) is 5.08. The minimum absolute atomic E-state index is 0.0571. The van der Waals surface area contributed by atoms with E-state index in [1.165, 1.54) is 0 Å². The molecule has 6 heteroatoms. The van der Waals surface area contributed by atoms with Gasteiger partial charge in [-0.05, 0) is 12.8 Å². The lowest BCUT2D eigenvalue weighted by Gasteiger charge is -2.30. The first-order valence-electron chi connectivity index (χ1n) is 6.71. The maximum Gasteiger partial charge on any atom is 0.233 e. The van der Waals surface area contributed by atoms with Gasteiger partial charge in [0.15, 0.2) is 0 Å². The van der Waals surface area contributed by atoms with Crippen LogP contribution in [-0.2, 0) is 11.3 Å². The highest BCUT2D eigenvalue weighted by molar-refractivity contribution is 7.80. The first-order chi connectivity index (χ1) is 9.15. The van der Waals surface area contributed by atoms with Crippen molar-refractivity contribution >= 4 is 23.1 Å². The summed E-state index contributed by atoms with van der Waals surface area (Å²) in [5.74, 6) is 0.679. The summed E-state index contributed by atoms with van der Waals surface area (Å²) in [5, 5.41) is 2.90. The molecule has 0 saturated heterocycles. The molecule has 1 aromatic rings. The van der Waals surface area contributed by atoms with E-state index in [0.29, 0.717) is 11.5 Å². The van der Waals surface area contributed by atoms with Crippen LogP contribution in [0.15, 0.2) is 12.4 Å². The minimum Gasteiger partial charge on any atom is -0.392 e. The zero-order valence-electron chi connectivity index (χ0n) is 10.9. The molecule has 1 aliphatic carbocycles. The zero-order valence-corrected chi connectivity index (χ0v) is 11.8. The van der Waals surface area contributed by atoms with Crippen LogP contribution in [0, 0.1) is 5.41 Å². The highest BCUT2D eigenvalue weighted by Crippen LogP contribution is 2.35. The van der Waals surface area contributed by atoms with E-state index in [2.05, 4.69) is 15.3 Å². The molecular formula is C13H20N4OS. The molecule has 0 bridgehead atoms. The van der Waals surface area contributed by atoms with Crippen LogP contribution in [0.25, 0.3) is 0 Å². The Balaban J connectivity index is 2.05. The lowest BCUT2D eigenvalue weighted by Crippen LogP contribution is -2.48. The molecule has 1 heterocycles. The standard InChI is InChI=1S/C13H20N4OS/c14-11(19)13(5-3-1-2-4-6-13)12(18)17-9-10-15-7-8-16-10/h7-8H,1-6,9H2,(H2,14,19)(H,15,16)(H,17,18). The summed E-state index contributed by atoms with van der Waals surface area (Å²) in [4.78, 5) is 19.9. The van der Waals surface area contributed by atoms with E-state index < -0.39 is 5.41 Å². The number of nitrogens with zero attached hydrogens (tertiary/aromatic N) is 1. The Morgan fingerprint density at radius 1 is 1.42 bits per heavy atom. The van der Waals surface area contributed by atoms with Crippen molar-refractivity contribution in [1.29, 1.82) is 0 Å². The molecule has 5 nitrogen and oxygen atoms in total. The highest BCUT2D eigenvalue weighted by atomic mass is 32.1.